The summed E-state index contributed by atoms with van der Waals surface area (Å²) in [5.41, 5.74) is 5.04. The molecule has 0 radical (unpaired) electrons. The topological polar surface area (TPSA) is 63.3 Å². The Morgan fingerprint density at radius 3 is 2.44 bits per heavy atom. The van der Waals surface area contributed by atoms with Gasteiger partial charge in [-0.25, -0.2) is 4.79 Å². The van der Waals surface area contributed by atoms with Gasteiger partial charge in [0.15, 0.2) is 0 Å². The molecule has 0 amide bonds. The average molecular weight is 215 g/mol. The largest absolute Gasteiger partial charge is 0.480 e. The first-order valence-electron chi connectivity index (χ1n) is 5.03. The zero-order valence-corrected chi connectivity index (χ0v) is 8.97. The summed E-state index contributed by atoms with van der Waals surface area (Å²) < 4.78 is 0. The number of carboxylic acids is 1. The van der Waals surface area contributed by atoms with Crippen molar-refractivity contribution in [3.8, 4) is 0 Å². The van der Waals surface area contributed by atoms with Gasteiger partial charge >= 0.3 is 5.97 Å². The van der Waals surface area contributed by atoms with Crippen molar-refractivity contribution < 1.29 is 9.90 Å². The summed E-state index contributed by atoms with van der Waals surface area (Å²) in [7, 11) is 0. The van der Waals surface area contributed by atoms with Crippen LogP contribution in [0.5, 0.6) is 0 Å². The van der Waals surface area contributed by atoms with Gasteiger partial charge in [-0.3, -0.25) is 0 Å². The van der Waals surface area contributed by atoms with Crippen LogP contribution >= 0.6 is 0 Å². The molecule has 0 aromatic heterocycles. The van der Waals surface area contributed by atoms with Crippen LogP contribution in [0.4, 0.5) is 0 Å². The number of nitrogens with two attached hydrogens (primary N) is 1. The van der Waals surface area contributed by atoms with E-state index >= 15 is 0 Å². The Bertz CT molecular complexity index is 546. The molecule has 0 spiro atoms. The molecule has 0 saturated heterocycles. The second-order valence-corrected chi connectivity index (χ2v) is 4.07. The third-order valence-corrected chi connectivity index (χ3v) is 2.79. The molecule has 82 valence electrons. The summed E-state index contributed by atoms with van der Waals surface area (Å²) in [6.07, 6.45) is 0. The number of fused-ring (bicyclic) bond motifs is 1. The molecule has 0 bridgehead atoms. The number of rotatable bonds is 2. The average Bonchev–Trinajstić information content (AvgIpc) is 2.28. The number of hydrogen-bond donors (Lipinski definition) is 2. The molecule has 0 heterocycles. The summed E-state index contributed by atoms with van der Waals surface area (Å²) in [5.74, 6) is -1.03. The van der Waals surface area contributed by atoms with E-state index in [1.807, 2.05) is 36.4 Å². The Kier molecular flexibility index (Phi) is 2.40. The Labute approximate surface area is 93.5 Å². The Balaban J connectivity index is 2.59. The minimum atomic E-state index is -1.34. The highest BCUT2D eigenvalue weighted by molar-refractivity contribution is 5.86. The normalized spacial score (nSPS) is 14.6. The monoisotopic (exact) mass is 215 g/mol. The van der Waals surface area contributed by atoms with Crippen LogP contribution in [-0.2, 0) is 10.3 Å². The molecule has 0 aliphatic heterocycles. The fraction of sp³-hybridized carbons (Fsp3) is 0.154. The van der Waals surface area contributed by atoms with E-state index in [0.717, 1.165) is 10.8 Å². The quantitative estimate of drug-likeness (QED) is 0.806. The number of benzene rings is 2. The number of carboxylic acid groups (broad SMARTS) is 1. The fourth-order valence-electron chi connectivity index (χ4n) is 1.64. The van der Waals surface area contributed by atoms with Crippen molar-refractivity contribution in [2.24, 2.45) is 5.73 Å². The standard InChI is InChI=1S/C13H13NO2/c1-13(14,12(15)16)11-7-6-9-4-2-3-5-10(9)8-11/h2-8H,14H2,1H3,(H,15,16). The lowest BCUT2D eigenvalue weighted by Crippen LogP contribution is -2.41. The minimum absolute atomic E-state index is 0.610. The molecule has 2 aromatic carbocycles. The molecular formula is C13H13NO2. The summed E-state index contributed by atoms with van der Waals surface area (Å²) in [5, 5.41) is 11.1. The van der Waals surface area contributed by atoms with Gasteiger partial charge in [0.25, 0.3) is 0 Å². The second-order valence-electron chi connectivity index (χ2n) is 4.07. The van der Waals surface area contributed by atoms with Crippen molar-refractivity contribution in [3.63, 3.8) is 0 Å². The zero-order chi connectivity index (χ0) is 11.8. The Morgan fingerprint density at radius 1 is 1.19 bits per heavy atom. The van der Waals surface area contributed by atoms with Crippen molar-refractivity contribution in [2.75, 3.05) is 0 Å². The smallest absolute Gasteiger partial charge is 0.328 e. The SMILES string of the molecule is CC(N)(C(=O)O)c1ccc2ccccc2c1. The molecule has 0 fully saturated rings. The summed E-state index contributed by atoms with van der Waals surface area (Å²) in [6, 6.07) is 13.3. The van der Waals surface area contributed by atoms with Crippen molar-refractivity contribution in [2.45, 2.75) is 12.5 Å². The highest BCUT2D eigenvalue weighted by atomic mass is 16.4. The van der Waals surface area contributed by atoms with Crippen LogP contribution in [0.25, 0.3) is 10.8 Å². The van der Waals surface area contributed by atoms with Crippen LogP contribution < -0.4 is 5.73 Å². The first kappa shape index (κ1) is 10.6. The van der Waals surface area contributed by atoms with Gasteiger partial charge in [0.1, 0.15) is 5.54 Å². The molecule has 2 aromatic rings. The minimum Gasteiger partial charge on any atom is -0.480 e. The molecule has 0 aliphatic rings. The van der Waals surface area contributed by atoms with E-state index in [9.17, 15) is 4.79 Å². The van der Waals surface area contributed by atoms with E-state index in [1.54, 1.807) is 6.07 Å². The van der Waals surface area contributed by atoms with Crippen LogP contribution in [0.2, 0.25) is 0 Å². The first-order chi connectivity index (χ1) is 7.51. The second kappa shape index (κ2) is 3.61. The third kappa shape index (κ3) is 1.66. The van der Waals surface area contributed by atoms with Gasteiger partial charge in [-0.15, -0.1) is 0 Å². The molecule has 16 heavy (non-hydrogen) atoms. The fourth-order valence-corrected chi connectivity index (χ4v) is 1.64. The van der Waals surface area contributed by atoms with E-state index in [4.69, 9.17) is 10.8 Å². The predicted molar refractivity (Wildman–Crippen MR) is 63.1 cm³/mol. The highest BCUT2D eigenvalue weighted by Gasteiger charge is 2.30. The van der Waals surface area contributed by atoms with Gasteiger partial charge in [-0.1, -0.05) is 36.4 Å². The van der Waals surface area contributed by atoms with Crippen molar-refractivity contribution >= 4 is 16.7 Å². The van der Waals surface area contributed by atoms with Gasteiger partial charge in [-0.05, 0) is 29.3 Å². The summed E-state index contributed by atoms with van der Waals surface area (Å²) >= 11 is 0. The van der Waals surface area contributed by atoms with Gasteiger partial charge in [0.2, 0.25) is 0 Å². The molecule has 3 heteroatoms. The lowest BCUT2D eigenvalue weighted by molar-refractivity contribution is -0.143. The Morgan fingerprint density at radius 2 is 1.81 bits per heavy atom. The van der Waals surface area contributed by atoms with E-state index in [1.165, 1.54) is 6.92 Å². The molecule has 0 aliphatic carbocycles. The summed E-state index contributed by atoms with van der Waals surface area (Å²) in [6.45, 7) is 1.50. The van der Waals surface area contributed by atoms with Crippen molar-refractivity contribution in [1.82, 2.24) is 0 Å². The maximum atomic E-state index is 11.0. The number of aliphatic carboxylic acids is 1. The zero-order valence-electron chi connectivity index (χ0n) is 8.97. The molecular weight excluding hydrogens is 202 g/mol. The van der Waals surface area contributed by atoms with Gasteiger partial charge in [0, 0.05) is 0 Å². The molecule has 2 rings (SSSR count). The molecule has 3 nitrogen and oxygen atoms in total. The maximum Gasteiger partial charge on any atom is 0.328 e. The van der Waals surface area contributed by atoms with Gasteiger partial charge in [-0.2, -0.15) is 0 Å². The molecule has 1 atom stereocenters. The highest BCUT2D eigenvalue weighted by Crippen LogP contribution is 2.23. The maximum absolute atomic E-state index is 11.0. The van der Waals surface area contributed by atoms with Gasteiger partial charge in [0.05, 0.1) is 0 Å². The number of carbonyl (C=O) groups is 1. The summed E-state index contributed by atoms with van der Waals surface area (Å²) in [4.78, 5) is 11.0. The van der Waals surface area contributed by atoms with Crippen LogP contribution in [0.15, 0.2) is 42.5 Å². The predicted octanol–water partition coefficient (Wildman–Crippen LogP) is 2.10. The van der Waals surface area contributed by atoms with Crippen LogP contribution in [-0.4, -0.2) is 11.1 Å². The van der Waals surface area contributed by atoms with Crippen molar-refractivity contribution in [3.05, 3.63) is 48.0 Å². The van der Waals surface area contributed by atoms with Gasteiger partial charge < -0.3 is 10.8 Å². The van der Waals surface area contributed by atoms with Crippen LogP contribution in [0.1, 0.15) is 12.5 Å². The lowest BCUT2D eigenvalue weighted by atomic mass is 9.91. The first-order valence-corrected chi connectivity index (χ1v) is 5.03. The lowest BCUT2D eigenvalue weighted by Gasteiger charge is -2.20. The van der Waals surface area contributed by atoms with E-state index in [2.05, 4.69) is 0 Å². The van der Waals surface area contributed by atoms with E-state index in [0.29, 0.717) is 5.56 Å². The van der Waals surface area contributed by atoms with Crippen LogP contribution in [0, 0.1) is 0 Å². The van der Waals surface area contributed by atoms with E-state index < -0.39 is 11.5 Å². The number of hydrogen-bond acceptors (Lipinski definition) is 2. The molecule has 0 saturated carbocycles. The molecule has 1 unspecified atom stereocenters. The Hall–Kier alpha value is -1.87. The molecule has 3 N–H and O–H groups in total. The van der Waals surface area contributed by atoms with Crippen LogP contribution in [0.3, 0.4) is 0 Å². The third-order valence-electron chi connectivity index (χ3n) is 2.79. The van der Waals surface area contributed by atoms with Crippen molar-refractivity contribution in [1.29, 1.82) is 0 Å². The van der Waals surface area contributed by atoms with E-state index in [-0.39, 0.29) is 0 Å².